The van der Waals surface area contributed by atoms with Crippen LogP contribution in [0.2, 0.25) is 0 Å². The maximum atomic E-state index is 12.8. The Balaban J connectivity index is 2.39. The fourth-order valence-corrected chi connectivity index (χ4v) is 4.35. The zero-order valence-corrected chi connectivity index (χ0v) is 13.1. The van der Waals surface area contributed by atoms with Crippen molar-refractivity contribution in [2.45, 2.75) is 42.7 Å². The van der Waals surface area contributed by atoms with Crippen molar-refractivity contribution in [1.29, 1.82) is 0 Å². The second kappa shape index (κ2) is 6.21. The van der Waals surface area contributed by atoms with Gasteiger partial charge in [0.05, 0.1) is 19.3 Å². The molecule has 1 aliphatic rings. The summed E-state index contributed by atoms with van der Waals surface area (Å²) in [7, 11) is -0.855. The third-order valence-electron chi connectivity index (χ3n) is 4.01. The molecule has 0 aromatic heterocycles. The largest absolute Gasteiger partial charge is 0.495 e. The molecular formula is C14H22N2O4S. The first-order valence-electron chi connectivity index (χ1n) is 6.97. The van der Waals surface area contributed by atoms with Gasteiger partial charge in [-0.15, -0.1) is 0 Å². The summed E-state index contributed by atoms with van der Waals surface area (Å²) in [5.41, 5.74) is 6.05. The number of aliphatic hydroxyl groups excluding tert-OH is 1. The van der Waals surface area contributed by atoms with E-state index < -0.39 is 22.2 Å². The van der Waals surface area contributed by atoms with Crippen molar-refractivity contribution in [3.8, 4) is 5.75 Å². The summed E-state index contributed by atoms with van der Waals surface area (Å²) in [5.74, 6) is 0.251. The summed E-state index contributed by atoms with van der Waals surface area (Å²) >= 11 is 0. The Hall–Kier alpha value is -1.31. The lowest BCUT2D eigenvalue weighted by Gasteiger charge is -2.34. The van der Waals surface area contributed by atoms with Crippen LogP contribution < -0.4 is 10.5 Å². The molecule has 0 amide bonds. The van der Waals surface area contributed by atoms with E-state index in [-0.39, 0.29) is 10.6 Å². The highest BCUT2D eigenvalue weighted by Gasteiger charge is 2.35. The number of nitrogen functional groups attached to an aromatic ring is 1. The molecule has 118 valence electrons. The molecule has 1 aliphatic carbocycles. The predicted molar refractivity (Wildman–Crippen MR) is 80.6 cm³/mol. The summed E-state index contributed by atoms with van der Waals surface area (Å²) in [5, 5.41) is 10.1. The van der Waals surface area contributed by atoms with E-state index in [1.807, 2.05) is 0 Å². The molecule has 0 radical (unpaired) electrons. The predicted octanol–water partition coefficient (Wildman–Crippen LogP) is 1.20. The first-order valence-corrected chi connectivity index (χ1v) is 8.41. The molecule has 6 nitrogen and oxygen atoms in total. The average Bonchev–Trinajstić information content (AvgIpc) is 2.47. The van der Waals surface area contributed by atoms with E-state index in [0.29, 0.717) is 18.5 Å². The maximum absolute atomic E-state index is 12.8. The van der Waals surface area contributed by atoms with E-state index in [2.05, 4.69) is 0 Å². The topological polar surface area (TPSA) is 92.9 Å². The van der Waals surface area contributed by atoms with Gasteiger partial charge in [0.2, 0.25) is 10.0 Å². The van der Waals surface area contributed by atoms with Gasteiger partial charge in [0.15, 0.2) is 0 Å². The molecular weight excluding hydrogens is 292 g/mol. The van der Waals surface area contributed by atoms with E-state index >= 15 is 0 Å². The second-order valence-corrected chi connectivity index (χ2v) is 7.32. The number of likely N-dealkylation sites (N-methyl/N-ethyl adjacent to an activating group) is 1. The number of hydrogen-bond acceptors (Lipinski definition) is 5. The fourth-order valence-electron chi connectivity index (χ4n) is 2.74. The Morgan fingerprint density at radius 1 is 1.33 bits per heavy atom. The lowest BCUT2D eigenvalue weighted by molar-refractivity contribution is 0.0637. The van der Waals surface area contributed by atoms with Crippen LogP contribution in [0.25, 0.3) is 0 Å². The van der Waals surface area contributed by atoms with Crippen LogP contribution in [-0.2, 0) is 10.0 Å². The summed E-state index contributed by atoms with van der Waals surface area (Å²) in [6.07, 6.45) is 2.48. The van der Waals surface area contributed by atoms with Crippen LogP contribution in [0.1, 0.15) is 25.7 Å². The average molecular weight is 314 g/mol. The van der Waals surface area contributed by atoms with Crippen molar-refractivity contribution >= 4 is 15.7 Å². The SMILES string of the molecule is COc1ccc(N)cc1S(=O)(=O)N(C)C1CCCCC1O. The molecule has 2 rings (SSSR count). The number of anilines is 1. The van der Waals surface area contributed by atoms with Crippen molar-refractivity contribution in [3.63, 3.8) is 0 Å². The molecule has 1 saturated carbocycles. The van der Waals surface area contributed by atoms with Crippen molar-refractivity contribution in [2.24, 2.45) is 0 Å². The number of rotatable bonds is 4. The van der Waals surface area contributed by atoms with Gasteiger partial charge in [-0.05, 0) is 31.0 Å². The standard InChI is InChI=1S/C14H22N2O4S/c1-16(11-5-3-4-6-12(11)17)21(18,19)14-9-10(15)7-8-13(14)20-2/h7-9,11-12,17H,3-6,15H2,1-2H3. The van der Waals surface area contributed by atoms with Crippen molar-refractivity contribution in [1.82, 2.24) is 4.31 Å². The van der Waals surface area contributed by atoms with Crippen LogP contribution >= 0.6 is 0 Å². The monoisotopic (exact) mass is 314 g/mol. The van der Waals surface area contributed by atoms with Crippen LogP contribution in [0.4, 0.5) is 5.69 Å². The Morgan fingerprint density at radius 3 is 2.62 bits per heavy atom. The van der Waals surface area contributed by atoms with E-state index in [0.717, 1.165) is 12.8 Å². The normalized spacial score (nSPS) is 23.2. The molecule has 0 saturated heterocycles. The van der Waals surface area contributed by atoms with E-state index in [1.165, 1.54) is 30.6 Å². The minimum absolute atomic E-state index is 0.0327. The molecule has 1 aromatic carbocycles. The number of nitrogens with zero attached hydrogens (tertiary/aromatic N) is 1. The van der Waals surface area contributed by atoms with Gasteiger partial charge in [0, 0.05) is 12.7 Å². The van der Waals surface area contributed by atoms with Gasteiger partial charge in [-0.2, -0.15) is 4.31 Å². The molecule has 1 aromatic rings. The molecule has 2 unspecified atom stereocenters. The molecule has 1 fully saturated rings. The van der Waals surface area contributed by atoms with Gasteiger partial charge in [0.25, 0.3) is 0 Å². The summed E-state index contributed by atoms with van der Waals surface area (Å²) < 4.78 is 31.9. The van der Waals surface area contributed by atoms with Crippen LogP contribution in [0.15, 0.2) is 23.1 Å². The second-order valence-electron chi connectivity index (χ2n) is 5.35. The highest BCUT2D eigenvalue weighted by atomic mass is 32.2. The molecule has 2 atom stereocenters. The van der Waals surface area contributed by atoms with Gasteiger partial charge in [-0.3, -0.25) is 0 Å². The zero-order chi connectivity index (χ0) is 15.6. The third-order valence-corrected chi connectivity index (χ3v) is 5.91. The lowest BCUT2D eigenvalue weighted by atomic mass is 9.93. The van der Waals surface area contributed by atoms with E-state index in [1.54, 1.807) is 6.07 Å². The van der Waals surface area contributed by atoms with Crippen LogP contribution in [0.3, 0.4) is 0 Å². The van der Waals surface area contributed by atoms with Crippen molar-refractivity contribution in [2.75, 3.05) is 19.9 Å². The quantitative estimate of drug-likeness (QED) is 0.815. The van der Waals surface area contributed by atoms with Gasteiger partial charge < -0.3 is 15.6 Å². The minimum atomic E-state index is -3.77. The Bertz CT molecular complexity index is 603. The summed E-state index contributed by atoms with van der Waals surface area (Å²) in [6.45, 7) is 0. The summed E-state index contributed by atoms with van der Waals surface area (Å²) in [4.78, 5) is 0.0327. The van der Waals surface area contributed by atoms with Crippen LogP contribution in [0, 0.1) is 0 Å². The van der Waals surface area contributed by atoms with E-state index in [4.69, 9.17) is 10.5 Å². The smallest absolute Gasteiger partial charge is 0.246 e. The lowest BCUT2D eigenvalue weighted by Crippen LogP contribution is -2.46. The highest BCUT2D eigenvalue weighted by Crippen LogP contribution is 2.32. The molecule has 21 heavy (non-hydrogen) atoms. The molecule has 0 spiro atoms. The maximum Gasteiger partial charge on any atom is 0.246 e. The number of hydrogen-bond donors (Lipinski definition) is 2. The van der Waals surface area contributed by atoms with Gasteiger partial charge in [-0.1, -0.05) is 12.8 Å². The van der Waals surface area contributed by atoms with Crippen molar-refractivity contribution in [3.05, 3.63) is 18.2 Å². The van der Waals surface area contributed by atoms with Crippen molar-refractivity contribution < 1.29 is 18.3 Å². The molecule has 0 aliphatic heterocycles. The fraction of sp³-hybridized carbons (Fsp3) is 0.571. The Labute approximate surface area is 125 Å². The molecule has 0 bridgehead atoms. The van der Waals surface area contributed by atoms with Crippen LogP contribution in [0.5, 0.6) is 5.75 Å². The number of benzene rings is 1. The Morgan fingerprint density at radius 2 is 2.00 bits per heavy atom. The van der Waals surface area contributed by atoms with E-state index in [9.17, 15) is 13.5 Å². The first kappa shape index (κ1) is 16.1. The van der Waals surface area contributed by atoms with Gasteiger partial charge in [-0.25, -0.2) is 8.42 Å². The highest BCUT2D eigenvalue weighted by molar-refractivity contribution is 7.89. The molecule has 7 heteroatoms. The van der Waals surface area contributed by atoms with Gasteiger partial charge in [0.1, 0.15) is 10.6 Å². The number of sulfonamides is 1. The third kappa shape index (κ3) is 3.14. The number of aliphatic hydroxyl groups is 1. The minimum Gasteiger partial charge on any atom is -0.495 e. The number of methoxy groups -OCH3 is 1. The zero-order valence-electron chi connectivity index (χ0n) is 12.3. The number of ether oxygens (including phenoxy) is 1. The number of nitrogens with two attached hydrogens (primary N) is 1. The molecule has 0 heterocycles. The van der Waals surface area contributed by atoms with Gasteiger partial charge >= 0.3 is 0 Å². The van der Waals surface area contributed by atoms with Crippen LogP contribution in [-0.4, -0.2) is 44.1 Å². The Kier molecular flexibility index (Phi) is 4.75. The summed E-state index contributed by atoms with van der Waals surface area (Å²) in [6, 6.07) is 4.11. The molecule has 3 N–H and O–H groups in total. The first-order chi connectivity index (χ1) is 9.87.